The van der Waals surface area contributed by atoms with Crippen molar-refractivity contribution < 1.29 is 9.68 Å². The van der Waals surface area contributed by atoms with Gasteiger partial charge in [-0.2, -0.15) is 0 Å². The molecule has 0 aliphatic heterocycles. The molecule has 0 radical (unpaired) electrons. The molecule has 0 aromatic carbocycles. The van der Waals surface area contributed by atoms with E-state index < -0.39 is 0 Å². The van der Waals surface area contributed by atoms with Gasteiger partial charge in [0.15, 0.2) is 0 Å². The molecule has 0 spiro atoms. The quantitative estimate of drug-likeness (QED) is 0.0436. The summed E-state index contributed by atoms with van der Waals surface area (Å²) in [5, 5.41) is 0. The fourth-order valence-corrected chi connectivity index (χ4v) is 7.13. The van der Waals surface area contributed by atoms with Crippen molar-refractivity contribution in [3.8, 4) is 0 Å². The van der Waals surface area contributed by atoms with Gasteiger partial charge in [0.2, 0.25) is 0 Å². The second-order valence-corrected chi connectivity index (χ2v) is 13.9. The second kappa shape index (κ2) is 32.3. The molecular weight excluding hydrogens is 540 g/mol. The smallest absolute Gasteiger partial charge is 0.0682 e. The summed E-state index contributed by atoms with van der Waals surface area (Å²) in [6.45, 7) is 9.43. The van der Waals surface area contributed by atoms with E-state index in [2.05, 4.69) is 50.6 Å². The van der Waals surface area contributed by atoms with Gasteiger partial charge in [-0.1, -0.05) is 161 Å². The summed E-state index contributed by atoms with van der Waals surface area (Å²) in [6.07, 6.45) is 45.3. The molecule has 0 amide bonds. The van der Waals surface area contributed by atoms with Crippen LogP contribution in [0.4, 0.5) is 0 Å². The maximum absolute atomic E-state index is 5.56. The van der Waals surface area contributed by atoms with E-state index in [1.54, 1.807) is 0 Å². The zero-order chi connectivity index (χ0) is 31.8. The molecule has 0 saturated carbocycles. The third-order valence-corrected chi connectivity index (χ3v) is 9.94. The molecule has 0 bridgehead atoms. The van der Waals surface area contributed by atoms with E-state index in [1.807, 2.05) is 0 Å². The lowest BCUT2D eigenvalue weighted by Gasteiger charge is -2.39. The number of nitrogens with one attached hydrogen (secondary N) is 1. The molecule has 0 saturated heterocycles. The number of hydroxylamine groups is 1. The van der Waals surface area contributed by atoms with Crippen LogP contribution >= 0.6 is 0 Å². The summed E-state index contributed by atoms with van der Waals surface area (Å²) in [5.41, 5.74) is 3.10. The van der Waals surface area contributed by atoms with Crippen molar-refractivity contribution in [2.24, 2.45) is 29.6 Å². The van der Waals surface area contributed by atoms with Crippen molar-refractivity contribution >= 4 is 0 Å². The number of unbranched alkanes of at least 4 members (excludes halogenated alkanes) is 18. The average molecular weight is 619 g/mol. The molecule has 4 heteroatoms. The van der Waals surface area contributed by atoms with Crippen molar-refractivity contribution in [1.82, 2.24) is 5.48 Å². The summed E-state index contributed by atoms with van der Waals surface area (Å²) in [4.78, 5) is 10.3. The highest BCUT2D eigenvalue weighted by Crippen LogP contribution is 2.43. The molecule has 3 N–H and O–H groups in total. The SMILES string of the molecule is CCCCCCC1C=CC(CCCCCCCCONCCCC)C(/C=C/CCCCCCCCON)C1CCCCCC. The predicted molar refractivity (Wildman–Crippen MR) is 193 cm³/mol. The fourth-order valence-electron chi connectivity index (χ4n) is 7.13. The van der Waals surface area contributed by atoms with E-state index in [9.17, 15) is 0 Å². The molecule has 1 aliphatic rings. The summed E-state index contributed by atoms with van der Waals surface area (Å²) >= 11 is 0. The molecule has 4 nitrogen and oxygen atoms in total. The fraction of sp³-hybridized carbons (Fsp3) is 0.900. The molecule has 1 rings (SSSR count). The predicted octanol–water partition coefficient (Wildman–Crippen LogP) is 12.2. The Morgan fingerprint density at radius 2 is 1.09 bits per heavy atom. The van der Waals surface area contributed by atoms with Gasteiger partial charge in [-0.15, -0.1) is 0 Å². The lowest BCUT2D eigenvalue weighted by atomic mass is 9.66. The van der Waals surface area contributed by atoms with Crippen LogP contribution < -0.4 is 11.4 Å². The van der Waals surface area contributed by atoms with E-state index in [0.29, 0.717) is 6.61 Å². The minimum Gasteiger partial charge on any atom is -0.305 e. The van der Waals surface area contributed by atoms with Gasteiger partial charge in [-0.05, 0) is 75.0 Å². The largest absolute Gasteiger partial charge is 0.305 e. The van der Waals surface area contributed by atoms with Gasteiger partial charge in [0.05, 0.1) is 13.2 Å². The highest BCUT2D eigenvalue weighted by Gasteiger charge is 2.33. The first-order valence-electron chi connectivity index (χ1n) is 19.8. The van der Waals surface area contributed by atoms with Crippen molar-refractivity contribution in [3.05, 3.63) is 24.3 Å². The van der Waals surface area contributed by atoms with Crippen LogP contribution in [0.1, 0.15) is 188 Å². The van der Waals surface area contributed by atoms with Gasteiger partial charge in [0.1, 0.15) is 0 Å². The van der Waals surface area contributed by atoms with Crippen LogP contribution in [-0.4, -0.2) is 19.8 Å². The molecule has 44 heavy (non-hydrogen) atoms. The van der Waals surface area contributed by atoms with Gasteiger partial charge >= 0.3 is 0 Å². The minimum atomic E-state index is 0.700. The molecule has 4 unspecified atom stereocenters. The molecule has 1 aliphatic carbocycles. The van der Waals surface area contributed by atoms with Crippen LogP contribution in [0.2, 0.25) is 0 Å². The average Bonchev–Trinajstić information content (AvgIpc) is 3.04. The van der Waals surface area contributed by atoms with Gasteiger partial charge in [0.25, 0.3) is 0 Å². The maximum atomic E-state index is 5.56. The van der Waals surface area contributed by atoms with Crippen LogP contribution in [0.15, 0.2) is 24.3 Å². The van der Waals surface area contributed by atoms with Crippen molar-refractivity contribution in [1.29, 1.82) is 0 Å². The number of nitrogens with two attached hydrogens (primary N) is 1. The summed E-state index contributed by atoms with van der Waals surface area (Å²) in [6, 6.07) is 0. The molecule has 4 atom stereocenters. The first-order valence-corrected chi connectivity index (χ1v) is 19.8. The van der Waals surface area contributed by atoms with Crippen LogP contribution in [0.5, 0.6) is 0 Å². The van der Waals surface area contributed by atoms with Crippen LogP contribution in [0.3, 0.4) is 0 Å². The van der Waals surface area contributed by atoms with Crippen molar-refractivity contribution in [3.63, 3.8) is 0 Å². The Hall–Kier alpha value is -0.680. The third kappa shape index (κ3) is 22.8. The van der Waals surface area contributed by atoms with Crippen LogP contribution in [0, 0.1) is 23.7 Å². The van der Waals surface area contributed by atoms with Crippen molar-refractivity contribution in [2.45, 2.75) is 188 Å². The van der Waals surface area contributed by atoms with E-state index in [1.165, 1.54) is 161 Å². The molecule has 260 valence electrons. The van der Waals surface area contributed by atoms with Crippen molar-refractivity contribution in [2.75, 3.05) is 19.8 Å². The Morgan fingerprint density at radius 3 is 1.75 bits per heavy atom. The van der Waals surface area contributed by atoms with E-state index in [-0.39, 0.29) is 0 Å². The first-order chi connectivity index (χ1) is 21.8. The van der Waals surface area contributed by atoms with Crippen LogP contribution in [0.25, 0.3) is 0 Å². The van der Waals surface area contributed by atoms with Gasteiger partial charge in [0, 0.05) is 6.54 Å². The van der Waals surface area contributed by atoms with Crippen LogP contribution in [-0.2, 0) is 9.68 Å². The molecular formula is C40H78N2O2. The first kappa shape index (κ1) is 41.3. The standard InChI is InChI=1S/C40H78N2O2/c1-4-7-10-22-28-37-32-33-38(29-23-18-15-17-21-27-36-44-42-34-9-6-3)40(39(37)30-24-11-8-5-2)31-25-19-14-12-13-16-20-26-35-43-41/h25,31-33,37-40,42H,4-24,26-30,34-36,41H2,1-3H3/b31-25+. The second-order valence-electron chi connectivity index (χ2n) is 13.9. The Kier molecular flexibility index (Phi) is 30.3. The number of allylic oxidation sites excluding steroid dienone is 4. The topological polar surface area (TPSA) is 56.5 Å². The molecule has 0 aromatic rings. The lowest BCUT2D eigenvalue weighted by molar-refractivity contribution is 0.0379. The summed E-state index contributed by atoms with van der Waals surface area (Å²) < 4.78 is 0. The monoisotopic (exact) mass is 619 g/mol. The molecule has 0 aromatic heterocycles. The Balaban J connectivity index is 2.62. The van der Waals surface area contributed by atoms with E-state index >= 15 is 0 Å². The zero-order valence-corrected chi connectivity index (χ0v) is 30.0. The summed E-state index contributed by atoms with van der Waals surface area (Å²) in [7, 11) is 0. The Labute approximate surface area is 276 Å². The minimum absolute atomic E-state index is 0.700. The molecule has 0 heterocycles. The third-order valence-electron chi connectivity index (χ3n) is 9.94. The summed E-state index contributed by atoms with van der Waals surface area (Å²) in [5.74, 6) is 8.26. The normalized spacial score (nSPS) is 20.3. The van der Waals surface area contributed by atoms with E-state index in [0.717, 1.165) is 43.2 Å². The van der Waals surface area contributed by atoms with E-state index in [4.69, 9.17) is 15.6 Å². The lowest BCUT2D eigenvalue weighted by Crippen LogP contribution is -2.30. The molecule has 0 fully saturated rings. The Bertz CT molecular complexity index is 637. The Morgan fingerprint density at radius 1 is 0.568 bits per heavy atom. The number of rotatable bonds is 33. The van der Waals surface area contributed by atoms with Gasteiger partial charge in [-0.25, -0.2) is 11.4 Å². The zero-order valence-electron chi connectivity index (χ0n) is 30.0. The highest BCUT2D eigenvalue weighted by molar-refractivity contribution is 5.10. The maximum Gasteiger partial charge on any atom is 0.0682 e. The number of hydrogen-bond donors (Lipinski definition) is 2. The van der Waals surface area contributed by atoms with Gasteiger partial charge in [-0.3, -0.25) is 0 Å². The number of hydrogen-bond acceptors (Lipinski definition) is 4. The highest BCUT2D eigenvalue weighted by atomic mass is 16.6. The van der Waals surface area contributed by atoms with Gasteiger partial charge < -0.3 is 9.68 Å².